The average Bonchev–Trinajstić information content (AvgIpc) is 3.31. The van der Waals surface area contributed by atoms with Crippen LogP contribution in [-0.2, 0) is 4.79 Å². The second-order valence-electron chi connectivity index (χ2n) is 6.20. The number of carbonyl (C=O) groups is 1. The van der Waals surface area contributed by atoms with Crippen LogP contribution in [0.1, 0.15) is 31.4 Å². The maximum Gasteiger partial charge on any atom is 0.266 e. The maximum atomic E-state index is 12.7. The van der Waals surface area contributed by atoms with Gasteiger partial charge < -0.3 is 4.42 Å². The van der Waals surface area contributed by atoms with E-state index in [1.165, 1.54) is 24.6 Å². The van der Waals surface area contributed by atoms with Crippen molar-refractivity contribution < 1.29 is 9.21 Å². The monoisotopic (exact) mass is 389 g/mol. The molecule has 6 heteroatoms. The third-order valence-corrected chi connectivity index (χ3v) is 6.12. The SMILES string of the molecule is O=C1C(=Cc2ccc(-c3ccc(Cl)cc3)o2)SC(=S)N1C1CCCC1. The lowest BCUT2D eigenvalue weighted by atomic mass is 10.2. The Kier molecular flexibility index (Phi) is 4.71. The lowest BCUT2D eigenvalue weighted by molar-refractivity contribution is -0.123. The topological polar surface area (TPSA) is 33.5 Å². The van der Waals surface area contributed by atoms with Crippen molar-refractivity contribution in [1.29, 1.82) is 0 Å². The lowest BCUT2D eigenvalue weighted by Gasteiger charge is -2.21. The lowest BCUT2D eigenvalue weighted by Crippen LogP contribution is -2.36. The minimum atomic E-state index is 0.00587. The Bertz CT molecular complexity index is 851. The van der Waals surface area contributed by atoms with E-state index in [9.17, 15) is 4.79 Å². The molecule has 1 aromatic heterocycles. The van der Waals surface area contributed by atoms with Crippen LogP contribution in [0.15, 0.2) is 45.7 Å². The summed E-state index contributed by atoms with van der Waals surface area (Å²) >= 11 is 12.7. The molecule has 0 radical (unpaired) electrons. The minimum Gasteiger partial charge on any atom is -0.457 e. The molecule has 1 aliphatic heterocycles. The summed E-state index contributed by atoms with van der Waals surface area (Å²) in [5, 5.41) is 0.686. The molecule has 0 atom stereocenters. The van der Waals surface area contributed by atoms with Gasteiger partial charge in [-0.15, -0.1) is 0 Å². The Labute approximate surface area is 161 Å². The number of hydrogen-bond acceptors (Lipinski definition) is 4. The van der Waals surface area contributed by atoms with Crippen LogP contribution in [0.3, 0.4) is 0 Å². The number of nitrogens with zero attached hydrogens (tertiary/aromatic N) is 1. The molecular formula is C19H16ClNO2S2. The van der Waals surface area contributed by atoms with Gasteiger partial charge in [-0.2, -0.15) is 0 Å². The van der Waals surface area contributed by atoms with E-state index in [1.54, 1.807) is 11.0 Å². The third kappa shape index (κ3) is 3.41. The van der Waals surface area contributed by atoms with Crippen LogP contribution in [0.5, 0.6) is 0 Å². The fourth-order valence-corrected chi connectivity index (χ4v) is 4.79. The maximum absolute atomic E-state index is 12.7. The zero-order valence-corrected chi connectivity index (χ0v) is 15.8. The number of hydrogen-bond donors (Lipinski definition) is 0. The Morgan fingerprint density at radius 3 is 2.60 bits per heavy atom. The standard InChI is InChI=1S/C19H16ClNO2S2/c20-13-7-5-12(6-8-13)16-10-9-15(23-16)11-17-18(22)21(19(24)25-17)14-3-1-2-4-14/h5-11,14H,1-4H2. The second-order valence-corrected chi connectivity index (χ2v) is 8.31. The quantitative estimate of drug-likeness (QED) is 0.494. The molecule has 1 aromatic carbocycles. The summed E-state index contributed by atoms with van der Waals surface area (Å²) in [6.07, 6.45) is 6.21. The van der Waals surface area contributed by atoms with Gasteiger partial charge in [0.05, 0.1) is 4.91 Å². The molecule has 0 N–H and O–H groups in total. The normalized spacial score (nSPS) is 20.2. The molecule has 2 aromatic rings. The molecule has 2 aliphatic rings. The van der Waals surface area contributed by atoms with E-state index < -0.39 is 0 Å². The van der Waals surface area contributed by atoms with Gasteiger partial charge in [-0.1, -0.05) is 48.4 Å². The van der Waals surface area contributed by atoms with Gasteiger partial charge in [-0.3, -0.25) is 9.69 Å². The highest BCUT2D eigenvalue weighted by Gasteiger charge is 2.38. The molecule has 25 heavy (non-hydrogen) atoms. The summed E-state index contributed by atoms with van der Waals surface area (Å²) in [5.41, 5.74) is 0.947. The van der Waals surface area contributed by atoms with E-state index in [0.717, 1.165) is 24.2 Å². The van der Waals surface area contributed by atoms with Crippen LogP contribution >= 0.6 is 35.6 Å². The van der Waals surface area contributed by atoms with Gasteiger partial charge in [0.2, 0.25) is 0 Å². The number of furan rings is 1. The van der Waals surface area contributed by atoms with Gasteiger partial charge >= 0.3 is 0 Å². The zero-order valence-electron chi connectivity index (χ0n) is 13.4. The van der Waals surface area contributed by atoms with Crippen molar-refractivity contribution in [1.82, 2.24) is 4.90 Å². The van der Waals surface area contributed by atoms with Crippen molar-refractivity contribution in [2.45, 2.75) is 31.7 Å². The predicted octanol–water partition coefficient (Wildman–Crippen LogP) is 5.74. The van der Waals surface area contributed by atoms with Crippen LogP contribution in [0.4, 0.5) is 0 Å². The van der Waals surface area contributed by atoms with Gasteiger partial charge in [0.1, 0.15) is 15.8 Å². The summed E-state index contributed by atoms with van der Waals surface area (Å²) < 4.78 is 6.53. The van der Waals surface area contributed by atoms with E-state index >= 15 is 0 Å². The molecule has 1 amide bonds. The van der Waals surface area contributed by atoms with E-state index in [4.69, 9.17) is 28.2 Å². The Hall–Kier alpha value is -1.56. The van der Waals surface area contributed by atoms with E-state index in [0.29, 0.717) is 20.0 Å². The summed E-state index contributed by atoms with van der Waals surface area (Å²) in [6.45, 7) is 0. The average molecular weight is 390 g/mol. The van der Waals surface area contributed by atoms with Crippen LogP contribution < -0.4 is 0 Å². The van der Waals surface area contributed by atoms with Crippen molar-refractivity contribution in [3.63, 3.8) is 0 Å². The van der Waals surface area contributed by atoms with Crippen molar-refractivity contribution in [2.24, 2.45) is 0 Å². The molecule has 0 unspecified atom stereocenters. The van der Waals surface area contributed by atoms with Crippen molar-refractivity contribution in [3.8, 4) is 11.3 Å². The Balaban J connectivity index is 1.56. The van der Waals surface area contributed by atoms with Crippen LogP contribution in [-0.4, -0.2) is 21.2 Å². The highest BCUT2D eigenvalue weighted by Crippen LogP contribution is 2.38. The van der Waals surface area contributed by atoms with Gasteiger partial charge in [0.15, 0.2) is 0 Å². The number of amides is 1. The fraction of sp³-hybridized carbons (Fsp3) is 0.263. The van der Waals surface area contributed by atoms with Crippen LogP contribution in [0.2, 0.25) is 5.02 Å². The first kappa shape index (κ1) is 16.9. The van der Waals surface area contributed by atoms with Gasteiger partial charge in [-0.25, -0.2) is 0 Å². The van der Waals surface area contributed by atoms with Crippen LogP contribution in [0, 0.1) is 0 Å². The molecule has 1 saturated carbocycles. The molecule has 2 heterocycles. The van der Waals surface area contributed by atoms with Crippen molar-refractivity contribution in [3.05, 3.63) is 52.1 Å². The third-order valence-electron chi connectivity index (χ3n) is 4.54. The van der Waals surface area contributed by atoms with Gasteiger partial charge in [0, 0.05) is 22.7 Å². The summed E-state index contributed by atoms with van der Waals surface area (Å²) in [4.78, 5) is 15.1. The molecule has 4 rings (SSSR count). The van der Waals surface area contributed by atoms with E-state index in [1.807, 2.05) is 36.4 Å². The largest absolute Gasteiger partial charge is 0.457 e. The number of rotatable bonds is 3. The molecule has 1 saturated heterocycles. The minimum absolute atomic E-state index is 0.00587. The number of benzene rings is 1. The van der Waals surface area contributed by atoms with Crippen molar-refractivity contribution >= 4 is 51.9 Å². The first-order valence-electron chi connectivity index (χ1n) is 8.25. The summed E-state index contributed by atoms with van der Waals surface area (Å²) in [5.74, 6) is 1.40. The highest BCUT2D eigenvalue weighted by molar-refractivity contribution is 8.26. The molecule has 0 bridgehead atoms. The van der Waals surface area contributed by atoms with E-state index in [2.05, 4.69) is 0 Å². The first-order chi connectivity index (χ1) is 12.1. The number of carbonyl (C=O) groups excluding carboxylic acids is 1. The highest BCUT2D eigenvalue weighted by atomic mass is 35.5. The molecule has 2 fully saturated rings. The fourth-order valence-electron chi connectivity index (χ4n) is 3.29. The molecular weight excluding hydrogens is 374 g/mol. The molecule has 1 aliphatic carbocycles. The number of halogens is 1. The molecule has 3 nitrogen and oxygen atoms in total. The Morgan fingerprint density at radius 1 is 1.16 bits per heavy atom. The summed E-state index contributed by atoms with van der Waals surface area (Å²) in [6, 6.07) is 11.5. The van der Waals surface area contributed by atoms with Crippen LogP contribution in [0.25, 0.3) is 17.4 Å². The second kappa shape index (κ2) is 6.98. The molecule has 0 spiro atoms. The zero-order chi connectivity index (χ0) is 17.4. The first-order valence-corrected chi connectivity index (χ1v) is 9.85. The molecule has 128 valence electrons. The van der Waals surface area contributed by atoms with E-state index in [-0.39, 0.29) is 11.9 Å². The Morgan fingerprint density at radius 2 is 1.88 bits per heavy atom. The predicted molar refractivity (Wildman–Crippen MR) is 106 cm³/mol. The smallest absolute Gasteiger partial charge is 0.266 e. The number of thiocarbonyl (C=S) groups is 1. The van der Waals surface area contributed by atoms with Gasteiger partial charge in [-0.05, 0) is 49.2 Å². The van der Waals surface area contributed by atoms with Gasteiger partial charge in [0.25, 0.3) is 5.91 Å². The number of thioether (sulfide) groups is 1. The summed E-state index contributed by atoms with van der Waals surface area (Å²) in [7, 11) is 0. The van der Waals surface area contributed by atoms with Crippen molar-refractivity contribution in [2.75, 3.05) is 0 Å².